The first-order chi connectivity index (χ1) is 14.3. The van der Waals surface area contributed by atoms with Crippen LogP contribution in [-0.2, 0) is 14.8 Å². The van der Waals surface area contributed by atoms with Crippen LogP contribution < -0.4 is 14.4 Å². The molecule has 9 heteroatoms. The van der Waals surface area contributed by atoms with Crippen molar-refractivity contribution in [3.63, 3.8) is 0 Å². The van der Waals surface area contributed by atoms with Gasteiger partial charge in [0.25, 0.3) is 10.0 Å². The van der Waals surface area contributed by atoms with Crippen LogP contribution >= 0.6 is 27.5 Å². The minimum Gasteiger partial charge on any atom is -0.497 e. The van der Waals surface area contributed by atoms with Gasteiger partial charge in [-0.3, -0.25) is 9.10 Å². The molecule has 0 spiro atoms. The van der Waals surface area contributed by atoms with Gasteiger partial charge in [0.05, 0.1) is 22.7 Å². The van der Waals surface area contributed by atoms with E-state index in [1.165, 1.54) is 19.2 Å². The third-order valence-electron chi connectivity index (χ3n) is 4.18. The Morgan fingerprint density at radius 2 is 1.73 bits per heavy atom. The number of hydrogen-bond donors (Lipinski definition) is 1. The van der Waals surface area contributed by atoms with Crippen molar-refractivity contribution in [2.75, 3.05) is 23.3 Å². The predicted molar refractivity (Wildman–Crippen MR) is 122 cm³/mol. The molecule has 1 N–H and O–H groups in total. The van der Waals surface area contributed by atoms with Crippen LogP contribution in [0.25, 0.3) is 0 Å². The Labute approximate surface area is 188 Å². The largest absolute Gasteiger partial charge is 0.497 e. The van der Waals surface area contributed by atoms with Crippen LogP contribution in [0.1, 0.15) is 0 Å². The highest BCUT2D eigenvalue weighted by Crippen LogP contribution is 2.27. The zero-order valence-electron chi connectivity index (χ0n) is 15.9. The predicted octanol–water partition coefficient (Wildman–Crippen LogP) is 4.95. The number of carbonyl (C=O) groups excluding carboxylic acids is 1. The van der Waals surface area contributed by atoms with E-state index >= 15 is 0 Å². The number of benzene rings is 3. The number of rotatable bonds is 7. The van der Waals surface area contributed by atoms with Crippen LogP contribution in [0.15, 0.2) is 82.2 Å². The van der Waals surface area contributed by atoms with Crippen LogP contribution in [0.5, 0.6) is 5.75 Å². The van der Waals surface area contributed by atoms with E-state index in [2.05, 4.69) is 21.2 Å². The number of methoxy groups -OCH3 is 1. The van der Waals surface area contributed by atoms with E-state index in [0.717, 1.165) is 4.31 Å². The summed E-state index contributed by atoms with van der Waals surface area (Å²) < 4.78 is 33.4. The lowest BCUT2D eigenvalue weighted by Crippen LogP contribution is -2.38. The van der Waals surface area contributed by atoms with Crippen molar-refractivity contribution < 1.29 is 17.9 Å². The molecule has 0 heterocycles. The maximum absolute atomic E-state index is 13.3. The molecule has 0 aliphatic heterocycles. The SMILES string of the molecule is COc1ccc(S(=O)(=O)N(CC(=O)Nc2ccc(Br)c(Cl)c2)c2ccccc2)cc1. The summed E-state index contributed by atoms with van der Waals surface area (Å²) in [4.78, 5) is 12.7. The molecule has 0 radical (unpaired) electrons. The van der Waals surface area contributed by atoms with Gasteiger partial charge in [0.2, 0.25) is 5.91 Å². The fourth-order valence-corrected chi connectivity index (χ4v) is 4.54. The van der Waals surface area contributed by atoms with Crippen LogP contribution in [0.3, 0.4) is 0 Å². The second-order valence-corrected chi connectivity index (χ2v) is 9.32. The van der Waals surface area contributed by atoms with Crippen LogP contribution in [0, 0.1) is 0 Å². The van der Waals surface area contributed by atoms with Gasteiger partial charge in [-0.25, -0.2) is 8.42 Å². The topological polar surface area (TPSA) is 75.7 Å². The van der Waals surface area contributed by atoms with Crippen LogP contribution in [0.2, 0.25) is 5.02 Å². The lowest BCUT2D eigenvalue weighted by molar-refractivity contribution is -0.114. The van der Waals surface area contributed by atoms with Gasteiger partial charge in [-0.1, -0.05) is 29.8 Å². The van der Waals surface area contributed by atoms with Crippen molar-refractivity contribution in [2.45, 2.75) is 4.90 Å². The number of amides is 1. The third-order valence-corrected chi connectivity index (χ3v) is 7.20. The smallest absolute Gasteiger partial charge is 0.264 e. The molecule has 156 valence electrons. The van der Waals surface area contributed by atoms with Crippen molar-refractivity contribution >= 4 is 54.8 Å². The summed E-state index contributed by atoms with van der Waals surface area (Å²) in [6, 6.07) is 19.4. The highest BCUT2D eigenvalue weighted by Gasteiger charge is 2.27. The number of carbonyl (C=O) groups is 1. The first-order valence-electron chi connectivity index (χ1n) is 8.78. The number of sulfonamides is 1. The lowest BCUT2D eigenvalue weighted by Gasteiger charge is -2.24. The molecule has 0 unspecified atom stereocenters. The van der Waals surface area contributed by atoms with E-state index in [0.29, 0.717) is 26.6 Å². The molecule has 0 bridgehead atoms. The molecule has 3 aromatic rings. The molecule has 3 rings (SSSR count). The number of nitrogens with zero attached hydrogens (tertiary/aromatic N) is 1. The molecule has 6 nitrogen and oxygen atoms in total. The van der Waals surface area contributed by atoms with Crippen LogP contribution in [-0.4, -0.2) is 28.0 Å². The first-order valence-corrected chi connectivity index (χ1v) is 11.4. The van der Waals surface area contributed by atoms with Gasteiger partial charge in [-0.05, 0) is 70.5 Å². The van der Waals surface area contributed by atoms with Gasteiger partial charge in [0.1, 0.15) is 12.3 Å². The van der Waals surface area contributed by atoms with Gasteiger partial charge < -0.3 is 10.1 Å². The minimum absolute atomic E-state index is 0.0478. The summed E-state index contributed by atoms with van der Waals surface area (Å²) in [7, 11) is -2.50. The normalized spacial score (nSPS) is 11.0. The van der Waals surface area contributed by atoms with Crippen molar-refractivity contribution in [2.24, 2.45) is 0 Å². The molecule has 0 atom stereocenters. The zero-order valence-corrected chi connectivity index (χ0v) is 19.0. The van der Waals surface area contributed by atoms with Crippen LogP contribution in [0.4, 0.5) is 11.4 Å². The summed E-state index contributed by atoms with van der Waals surface area (Å²) in [5.41, 5.74) is 0.834. The van der Waals surface area contributed by atoms with Gasteiger partial charge in [-0.2, -0.15) is 0 Å². The fraction of sp³-hybridized carbons (Fsp3) is 0.0952. The minimum atomic E-state index is -4.00. The Morgan fingerprint density at radius 1 is 1.07 bits per heavy atom. The number of nitrogens with one attached hydrogen (secondary N) is 1. The monoisotopic (exact) mass is 508 g/mol. The summed E-state index contributed by atoms with van der Waals surface area (Å²) in [6.07, 6.45) is 0. The van der Waals surface area contributed by atoms with Gasteiger partial charge >= 0.3 is 0 Å². The number of para-hydroxylation sites is 1. The summed E-state index contributed by atoms with van der Waals surface area (Å²) in [5, 5.41) is 3.11. The van der Waals surface area contributed by atoms with E-state index in [-0.39, 0.29) is 4.90 Å². The molecule has 30 heavy (non-hydrogen) atoms. The average molecular weight is 510 g/mol. The Bertz CT molecular complexity index is 1140. The molecule has 0 fully saturated rings. The van der Waals surface area contributed by atoms with E-state index < -0.39 is 22.5 Å². The number of ether oxygens (including phenoxy) is 1. The summed E-state index contributed by atoms with van der Waals surface area (Å²) in [5.74, 6) is 0.0272. The molecule has 0 aliphatic rings. The molecule has 0 aromatic heterocycles. The van der Waals surface area contributed by atoms with E-state index in [1.807, 2.05) is 0 Å². The highest BCUT2D eigenvalue weighted by molar-refractivity contribution is 9.10. The Balaban J connectivity index is 1.90. The quantitative estimate of drug-likeness (QED) is 0.489. The molecule has 0 saturated carbocycles. The molecule has 1 amide bonds. The maximum atomic E-state index is 13.3. The molecule has 0 aliphatic carbocycles. The van der Waals surface area contributed by atoms with Gasteiger partial charge in [0.15, 0.2) is 0 Å². The second kappa shape index (κ2) is 9.51. The Kier molecular flexibility index (Phi) is 7.02. The standard InChI is InChI=1S/C21H18BrClN2O4S/c1-29-17-8-10-18(11-9-17)30(27,28)25(16-5-3-2-4-6-16)14-21(26)24-15-7-12-19(22)20(23)13-15/h2-13H,14H2,1H3,(H,24,26). The lowest BCUT2D eigenvalue weighted by atomic mass is 10.3. The molecular formula is C21H18BrClN2O4S. The highest BCUT2D eigenvalue weighted by atomic mass is 79.9. The second-order valence-electron chi connectivity index (χ2n) is 6.20. The summed E-state index contributed by atoms with van der Waals surface area (Å²) >= 11 is 9.35. The average Bonchev–Trinajstić information content (AvgIpc) is 2.75. The summed E-state index contributed by atoms with van der Waals surface area (Å²) in [6.45, 7) is -0.411. The van der Waals surface area contributed by atoms with Gasteiger partial charge in [-0.15, -0.1) is 0 Å². The Hall–Kier alpha value is -2.55. The van der Waals surface area contributed by atoms with Crippen molar-refractivity contribution in [3.05, 3.63) is 82.3 Å². The van der Waals surface area contributed by atoms with Crippen molar-refractivity contribution in [1.29, 1.82) is 0 Å². The number of halogens is 2. The van der Waals surface area contributed by atoms with Crippen molar-refractivity contribution in [3.8, 4) is 5.75 Å². The zero-order chi connectivity index (χ0) is 21.7. The van der Waals surface area contributed by atoms with Gasteiger partial charge in [0, 0.05) is 10.2 Å². The van der Waals surface area contributed by atoms with E-state index in [4.69, 9.17) is 16.3 Å². The van der Waals surface area contributed by atoms with Crippen molar-refractivity contribution in [1.82, 2.24) is 0 Å². The van der Waals surface area contributed by atoms with E-state index in [9.17, 15) is 13.2 Å². The number of anilines is 2. The van der Waals surface area contributed by atoms with E-state index in [1.54, 1.807) is 60.7 Å². The Morgan fingerprint density at radius 3 is 2.33 bits per heavy atom. The maximum Gasteiger partial charge on any atom is 0.264 e. The molecule has 3 aromatic carbocycles. The first kappa shape index (κ1) is 22.1. The third kappa shape index (κ3) is 5.13. The molecule has 0 saturated heterocycles. The molecular weight excluding hydrogens is 492 g/mol. The number of hydrogen-bond acceptors (Lipinski definition) is 4. The fourth-order valence-electron chi connectivity index (χ4n) is 2.69.